The SMILES string of the molecule is C=CS(=O)(=O)N[C@@H](CNc1nc(-c2ccccn2)nc(C)c1Cl)c1ccccc1. The minimum absolute atomic E-state index is 0.217. The van der Waals surface area contributed by atoms with E-state index in [9.17, 15) is 8.42 Å². The monoisotopic (exact) mass is 429 g/mol. The number of hydrogen-bond donors (Lipinski definition) is 2. The molecule has 1 aromatic carbocycles. The summed E-state index contributed by atoms with van der Waals surface area (Å²) in [6, 6.07) is 14.1. The van der Waals surface area contributed by atoms with Crippen LogP contribution in [-0.2, 0) is 10.0 Å². The van der Waals surface area contributed by atoms with Gasteiger partial charge in [-0.1, -0.05) is 54.6 Å². The van der Waals surface area contributed by atoms with Crippen LogP contribution in [0.5, 0.6) is 0 Å². The molecule has 0 aliphatic carbocycles. The lowest BCUT2D eigenvalue weighted by Gasteiger charge is -2.20. The standard InChI is InChI=1S/C20H20ClN5O2S/c1-3-29(27,28)26-17(15-9-5-4-6-10-15)13-23-20-18(21)14(2)24-19(25-20)16-11-7-8-12-22-16/h3-12,17,26H,1,13H2,2H3,(H,23,24,25)/t17-/m0/s1. The van der Waals surface area contributed by atoms with E-state index < -0.39 is 16.1 Å². The summed E-state index contributed by atoms with van der Waals surface area (Å²) in [7, 11) is -3.64. The van der Waals surface area contributed by atoms with Gasteiger partial charge >= 0.3 is 0 Å². The Morgan fingerprint density at radius 1 is 1.14 bits per heavy atom. The maximum absolute atomic E-state index is 12.0. The molecule has 0 bridgehead atoms. The van der Waals surface area contributed by atoms with Gasteiger partial charge in [-0.05, 0) is 24.6 Å². The van der Waals surface area contributed by atoms with Crippen LogP contribution >= 0.6 is 11.6 Å². The Bertz CT molecular complexity index is 1090. The van der Waals surface area contributed by atoms with Gasteiger partial charge in [0.15, 0.2) is 5.82 Å². The van der Waals surface area contributed by atoms with Crippen molar-refractivity contribution in [2.75, 3.05) is 11.9 Å². The molecule has 7 nitrogen and oxygen atoms in total. The predicted octanol–water partition coefficient (Wildman–Crippen LogP) is 3.72. The first kappa shape index (κ1) is 20.9. The van der Waals surface area contributed by atoms with Gasteiger partial charge in [0.2, 0.25) is 10.0 Å². The molecule has 2 N–H and O–H groups in total. The number of hydrogen-bond acceptors (Lipinski definition) is 6. The molecule has 0 aliphatic heterocycles. The summed E-state index contributed by atoms with van der Waals surface area (Å²) in [5.74, 6) is 0.830. The number of pyridine rings is 1. The van der Waals surface area contributed by atoms with Crippen molar-refractivity contribution in [3.8, 4) is 11.5 Å². The lowest BCUT2D eigenvalue weighted by Crippen LogP contribution is -2.32. The van der Waals surface area contributed by atoms with Crippen LogP contribution in [0.3, 0.4) is 0 Å². The molecule has 9 heteroatoms. The highest BCUT2D eigenvalue weighted by Crippen LogP contribution is 2.26. The van der Waals surface area contributed by atoms with Crippen LogP contribution in [0.2, 0.25) is 5.02 Å². The fourth-order valence-corrected chi connectivity index (χ4v) is 3.51. The number of anilines is 1. The second-order valence-corrected chi connectivity index (χ2v) is 8.22. The fourth-order valence-electron chi connectivity index (χ4n) is 2.64. The maximum Gasteiger partial charge on any atom is 0.233 e. The van der Waals surface area contributed by atoms with Crippen LogP contribution in [0.15, 0.2) is 66.7 Å². The molecule has 0 spiro atoms. The Morgan fingerprint density at radius 3 is 2.52 bits per heavy atom. The quantitative estimate of drug-likeness (QED) is 0.566. The van der Waals surface area contributed by atoms with E-state index in [1.165, 1.54) is 0 Å². The molecule has 0 radical (unpaired) electrons. The Labute approximate surface area is 175 Å². The Balaban J connectivity index is 1.89. The van der Waals surface area contributed by atoms with Crippen molar-refractivity contribution in [3.05, 3.63) is 83.0 Å². The van der Waals surface area contributed by atoms with Gasteiger partial charge in [-0.3, -0.25) is 4.98 Å². The highest BCUT2D eigenvalue weighted by molar-refractivity contribution is 7.92. The number of aryl methyl sites for hydroxylation is 1. The van der Waals surface area contributed by atoms with Gasteiger partial charge in [0.25, 0.3) is 0 Å². The van der Waals surface area contributed by atoms with E-state index >= 15 is 0 Å². The van der Waals surface area contributed by atoms with Crippen LogP contribution in [0, 0.1) is 6.92 Å². The highest BCUT2D eigenvalue weighted by Gasteiger charge is 2.19. The summed E-state index contributed by atoms with van der Waals surface area (Å²) in [5, 5.41) is 4.38. The molecular formula is C20H20ClN5O2S. The number of nitrogens with one attached hydrogen (secondary N) is 2. The highest BCUT2D eigenvalue weighted by atomic mass is 35.5. The Morgan fingerprint density at radius 2 is 1.86 bits per heavy atom. The molecule has 3 aromatic rings. The van der Waals surface area contributed by atoms with Crippen molar-refractivity contribution in [1.29, 1.82) is 0 Å². The summed E-state index contributed by atoms with van der Waals surface area (Å²) in [6.07, 6.45) is 1.66. The minimum Gasteiger partial charge on any atom is -0.367 e. The van der Waals surface area contributed by atoms with Gasteiger partial charge in [0, 0.05) is 18.1 Å². The molecule has 0 unspecified atom stereocenters. The molecule has 29 heavy (non-hydrogen) atoms. The third-order valence-electron chi connectivity index (χ3n) is 4.11. The Hall–Kier alpha value is -2.81. The van der Waals surface area contributed by atoms with Crippen LogP contribution in [0.4, 0.5) is 5.82 Å². The van der Waals surface area contributed by atoms with E-state index in [2.05, 4.69) is 31.6 Å². The first-order chi connectivity index (χ1) is 13.9. The van der Waals surface area contributed by atoms with Gasteiger partial charge < -0.3 is 5.32 Å². The predicted molar refractivity (Wildman–Crippen MR) is 115 cm³/mol. The molecule has 0 aliphatic rings. The third-order valence-corrected chi connectivity index (χ3v) is 5.62. The summed E-state index contributed by atoms with van der Waals surface area (Å²) >= 11 is 6.38. The molecule has 3 rings (SSSR count). The summed E-state index contributed by atoms with van der Waals surface area (Å²) in [4.78, 5) is 13.1. The first-order valence-electron chi connectivity index (χ1n) is 8.79. The first-order valence-corrected chi connectivity index (χ1v) is 10.7. The van der Waals surface area contributed by atoms with Crippen molar-refractivity contribution in [2.45, 2.75) is 13.0 Å². The number of aromatic nitrogens is 3. The summed E-state index contributed by atoms with van der Waals surface area (Å²) in [5.41, 5.74) is 1.99. The lowest BCUT2D eigenvalue weighted by molar-refractivity contribution is 0.571. The Kier molecular flexibility index (Phi) is 6.58. The van der Waals surface area contributed by atoms with E-state index in [1.807, 2.05) is 42.5 Å². The maximum atomic E-state index is 12.0. The second-order valence-electron chi connectivity index (χ2n) is 6.18. The molecule has 2 heterocycles. The molecule has 0 amide bonds. The summed E-state index contributed by atoms with van der Waals surface area (Å²) < 4.78 is 26.7. The van der Waals surface area contributed by atoms with E-state index in [-0.39, 0.29) is 6.54 Å². The van der Waals surface area contributed by atoms with E-state index in [4.69, 9.17) is 11.6 Å². The zero-order valence-corrected chi connectivity index (χ0v) is 17.3. The molecule has 0 saturated heterocycles. The average molecular weight is 430 g/mol. The van der Waals surface area contributed by atoms with Crippen molar-refractivity contribution in [2.24, 2.45) is 0 Å². The molecule has 2 aromatic heterocycles. The van der Waals surface area contributed by atoms with Crippen LogP contribution in [0.25, 0.3) is 11.5 Å². The smallest absolute Gasteiger partial charge is 0.233 e. The number of nitrogens with zero attached hydrogens (tertiary/aromatic N) is 3. The number of benzene rings is 1. The molecular weight excluding hydrogens is 410 g/mol. The van der Waals surface area contributed by atoms with Crippen LogP contribution < -0.4 is 10.0 Å². The topological polar surface area (TPSA) is 96.9 Å². The van der Waals surface area contributed by atoms with E-state index in [0.717, 1.165) is 11.0 Å². The zero-order valence-electron chi connectivity index (χ0n) is 15.7. The van der Waals surface area contributed by atoms with Gasteiger partial charge in [0.1, 0.15) is 16.5 Å². The second kappa shape index (κ2) is 9.13. The largest absolute Gasteiger partial charge is 0.367 e. The normalized spacial score (nSPS) is 12.3. The van der Waals surface area contributed by atoms with Gasteiger partial charge in [-0.15, -0.1) is 0 Å². The number of halogens is 1. The zero-order chi connectivity index (χ0) is 20.9. The van der Waals surface area contributed by atoms with E-state index in [0.29, 0.717) is 28.1 Å². The molecule has 1 atom stereocenters. The van der Waals surface area contributed by atoms with Crippen molar-refractivity contribution >= 4 is 27.4 Å². The minimum atomic E-state index is -3.64. The molecule has 150 valence electrons. The number of sulfonamides is 1. The average Bonchev–Trinajstić information content (AvgIpc) is 2.75. The third kappa shape index (κ3) is 5.38. The number of rotatable bonds is 8. The molecule has 0 fully saturated rings. The van der Waals surface area contributed by atoms with Gasteiger partial charge in [-0.2, -0.15) is 0 Å². The summed E-state index contributed by atoms with van der Waals surface area (Å²) in [6.45, 7) is 5.34. The van der Waals surface area contributed by atoms with Gasteiger partial charge in [-0.25, -0.2) is 23.1 Å². The van der Waals surface area contributed by atoms with Crippen LogP contribution in [-0.4, -0.2) is 29.9 Å². The lowest BCUT2D eigenvalue weighted by atomic mass is 10.1. The van der Waals surface area contributed by atoms with Crippen molar-refractivity contribution in [1.82, 2.24) is 19.7 Å². The van der Waals surface area contributed by atoms with Gasteiger partial charge in [0.05, 0.1) is 11.7 Å². The van der Waals surface area contributed by atoms with Crippen molar-refractivity contribution in [3.63, 3.8) is 0 Å². The fraction of sp³-hybridized carbons (Fsp3) is 0.150. The van der Waals surface area contributed by atoms with Crippen LogP contribution in [0.1, 0.15) is 17.3 Å². The molecule has 0 saturated carbocycles. The van der Waals surface area contributed by atoms with E-state index in [1.54, 1.807) is 19.2 Å². The van der Waals surface area contributed by atoms with Crippen molar-refractivity contribution < 1.29 is 8.42 Å².